The van der Waals surface area contributed by atoms with Gasteiger partial charge in [-0.3, -0.25) is 4.79 Å². The summed E-state index contributed by atoms with van der Waals surface area (Å²) in [4.78, 5) is 11.0. The van der Waals surface area contributed by atoms with Gasteiger partial charge in [-0.1, -0.05) is 23.8 Å². The van der Waals surface area contributed by atoms with Crippen LogP contribution >= 0.6 is 0 Å². The van der Waals surface area contributed by atoms with E-state index in [9.17, 15) is 4.79 Å². The van der Waals surface area contributed by atoms with E-state index in [4.69, 9.17) is 4.74 Å². The number of esters is 1. The molecule has 2 nitrogen and oxygen atoms in total. The van der Waals surface area contributed by atoms with Crippen molar-refractivity contribution in [2.24, 2.45) is 0 Å². The Morgan fingerprint density at radius 2 is 2.00 bits per heavy atom. The van der Waals surface area contributed by atoms with E-state index in [0.29, 0.717) is 13.0 Å². The van der Waals surface area contributed by atoms with Crippen LogP contribution in [0.15, 0.2) is 23.8 Å². The second kappa shape index (κ2) is 7.36. The van der Waals surface area contributed by atoms with Gasteiger partial charge in [0.15, 0.2) is 0 Å². The predicted molar refractivity (Wildman–Crippen MR) is 59.1 cm³/mol. The summed E-state index contributed by atoms with van der Waals surface area (Å²) in [6.07, 6.45) is 4.15. The Hall–Kier alpha value is -1.05. The Morgan fingerprint density at radius 3 is 2.50 bits per heavy atom. The number of hydrogen-bond donors (Lipinski definition) is 0. The molecule has 0 N–H and O–H groups in total. The molecule has 80 valence electrons. The monoisotopic (exact) mass is 196 g/mol. The first-order valence-electron chi connectivity index (χ1n) is 5.06. The third-order valence-corrected chi connectivity index (χ3v) is 2.22. The highest BCUT2D eigenvalue weighted by Crippen LogP contribution is 2.12. The van der Waals surface area contributed by atoms with Gasteiger partial charge in [-0.15, -0.1) is 0 Å². The molecule has 0 aromatic rings. The van der Waals surface area contributed by atoms with Crippen molar-refractivity contribution in [3.63, 3.8) is 0 Å². The number of allylic oxidation sites excluding steroid dienone is 3. The van der Waals surface area contributed by atoms with Crippen molar-refractivity contribution in [3.8, 4) is 0 Å². The molecule has 0 fully saturated rings. The van der Waals surface area contributed by atoms with E-state index in [1.807, 2.05) is 19.9 Å². The molecule has 14 heavy (non-hydrogen) atoms. The second-order valence-corrected chi connectivity index (χ2v) is 3.33. The van der Waals surface area contributed by atoms with Crippen molar-refractivity contribution in [1.29, 1.82) is 0 Å². The lowest BCUT2D eigenvalue weighted by molar-refractivity contribution is -0.143. The van der Waals surface area contributed by atoms with Crippen LogP contribution in [0.4, 0.5) is 0 Å². The minimum Gasteiger partial charge on any atom is -0.466 e. The van der Waals surface area contributed by atoms with E-state index in [1.54, 1.807) is 0 Å². The first-order chi connectivity index (χ1) is 6.61. The molecular formula is C12H20O2. The van der Waals surface area contributed by atoms with Crippen molar-refractivity contribution < 1.29 is 9.53 Å². The molecule has 0 aromatic carbocycles. The second-order valence-electron chi connectivity index (χ2n) is 3.33. The average molecular weight is 196 g/mol. The van der Waals surface area contributed by atoms with Crippen LogP contribution in [0.2, 0.25) is 0 Å². The normalized spacial score (nSPS) is 11.9. The first-order valence-corrected chi connectivity index (χ1v) is 5.06. The van der Waals surface area contributed by atoms with Crippen molar-refractivity contribution >= 4 is 5.97 Å². The highest BCUT2D eigenvalue weighted by atomic mass is 16.5. The molecule has 0 saturated carbocycles. The molecule has 0 aromatic heterocycles. The van der Waals surface area contributed by atoms with Gasteiger partial charge in [0.2, 0.25) is 0 Å². The third-order valence-electron chi connectivity index (χ3n) is 2.22. The first kappa shape index (κ1) is 12.9. The zero-order valence-corrected chi connectivity index (χ0v) is 9.43. The van der Waals surface area contributed by atoms with E-state index in [2.05, 4.69) is 13.5 Å². The summed E-state index contributed by atoms with van der Waals surface area (Å²) in [6, 6.07) is 0. The Morgan fingerprint density at radius 1 is 1.36 bits per heavy atom. The number of carbonyl (C=O) groups excluding carboxylic acids is 1. The highest BCUT2D eigenvalue weighted by molar-refractivity contribution is 5.69. The third kappa shape index (κ3) is 5.57. The molecule has 0 rings (SSSR count). The predicted octanol–water partition coefficient (Wildman–Crippen LogP) is 3.24. The van der Waals surface area contributed by atoms with Gasteiger partial charge in [0.05, 0.1) is 6.61 Å². The lowest BCUT2D eigenvalue weighted by Crippen LogP contribution is -2.03. The lowest BCUT2D eigenvalue weighted by atomic mass is 10.1. The Bertz CT molecular complexity index is 226. The Kier molecular flexibility index (Phi) is 6.81. The standard InChI is InChI=1S/C12H20O2/c1-5-10(3)11(4)8-7-9-12(13)14-6-2/h5H,1,6-9H2,2-4H3/b11-10+. The molecule has 0 bridgehead atoms. The molecule has 2 heteroatoms. The molecule has 0 aliphatic carbocycles. The zero-order chi connectivity index (χ0) is 11.0. The molecular weight excluding hydrogens is 176 g/mol. The van der Waals surface area contributed by atoms with Gasteiger partial charge >= 0.3 is 5.97 Å². The van der Waals surface area contributed by atoms with Crippen molar-refractivity contribution in [3.05, 3.63) is 23.8 Å². The van der Waals surface area contributed by atoms with Crippen LogP contribution in [-0.4, -0.2) is 12.6 Å². The minimum atomic E-state index is -0.100. The van der Waals surface area contributed by atoms with E-state index in [1.165, 1.54) is 11.1 Å². The van der Waals surface area contributed by atoms with E-state index >= 15 is 0 Å². The summed E-state index contributed by atoms with van der Waals surface area (Å²) < 4.78 is 4.84. The highest BCUT2D eigenvalue weighted by Gasteiger charge is 2.01. The van der Waals surface area contributed by atoms with E-state index in [-0.39, 0.29) is 5.97 Å². The Balaban J connectivity index is 3.74. The van der Waals surface area contributed by atoms with Crippen molar-refractivity contribution in [2.75, 3.05) is 6.61 Å². The van der Waals surface area contributed by atoms with Gasteiger partial charge in [-0.2, -0.15) is 0 Å². The van der Waals surface area contributed by atoms with Crippen LogP contribution in [0, 0.1) is 0 Å². The molecule has 0 unspecified atom stereocenters. The smallest absolute Gasteiger partial charge is 0.305 e. The minimum absolute atomic E-state index is 0.100. The van der Waals surface area contributed by atoms with E-state index < -0.39 is 0 Å². The zero-order valence-electron chi connectivity index (χ0n) is 9.43. The molecule has 0 aliphatic heterocycles. The SMILES string of the molecule is C=C/C(C)=C(\C)CCCC(=O)OCC. The van der Waals surface area contributed by atoms with Gasteiger partial charge in [0, 0.05) is 6.42 Å². The summed E-state index contributed by atoms with van der Waals surface area (Å²) in [7, 11) is 0. The molecule has 0 atom stereocenters. The van der Waals surface area contributed by atoms with Crippen molar-refractivity contribution in [2.45, 2.75) is 40.0 Å². The maximum atomic E-state index is 11.0. The fraction of sp³-hybridized carbons (Fsp3) is 0.583. The topological polar surface area (TPSA) is 26.3 Å². The number of carbonyl (C=O) groups is 1. The van der Waals surface area contributed by atoms with Gasteiger partial charge in [0.25, 0.3) is 0 Å². The fourth-order valence-electron chi connectivity index (χ4n) is 1.10. The summed E-state index contributed by atoms with van der Waals surface area (Å²) in [5.41, 5.74) is 2.50. The summed E-state index contributed by atoms with van der Waals surface area (Å²) in [6.45, 7) is 10.1. The fourth-order valence-corrected chi connectivity index (χ4v) is 1.10. The summed E-state index contributed by atoms with van der Waals surface area (Å²) >= 11 is 0. The van der Waals surface area contributed by atoms with Gasteiger partial charge in [0.1, 0.15) is 0 Å². The summed E-state index contributed by atoms with van der Waals surface area (Å²) in [5, 5.41) is 0. The molecule has 0 heterocycles. The lowest BCUT2D eigenvalue weighted by Gasteiger charge is -2.04. The number of hydrogen-bond acceptors (Lipinski definition) is 2. The molecule has 0 aliphatic rings. The van der Waals surface area contributed by atoms with Crippen LogP contribution in [-0.2, 0) is 9.53 Å². The molecule has 0 saturated heterocycles. The molecule has 0 spiro atoms. The van der Waals surface area contributed by atoms with Crippen LogP contribution in [0.3, 0.4) is 0 Å². The molecule has 0 amide bonds. The van der Waals surface area contributed by atoms with Crippen LogP contribution < -0.4 is 0 Å². The number of rotatable bonds is 6. The average Bonchev–Trinajstić information content (AvgIpc) is 2.16. The van der Waals surface area contributed by atoms with Crippen LogP contribution in [0.1, 0.15) is 40.0 Å². The maximum Gasteiger partial charge on any atom is 0.305 e. The van der Waals surface area contributed by atoms with Crippen molar-refractivity contribution in [1.82, 2.24) is 0 Å². The van der Waals surface area contributed by atoms with Crippen LogP contribution in [0.5, 0.6) is 0 Å². The summed E-state index contributed by atoms with van der Waals surface area (Å²) in [5.74, 6) is -0.100. The largest absolute Gasteiger partial charge is 0.466 e. The Labute approximate surface area is 86.6 Å². The maximum absolute atomic E-state index is 11.0. The van der Waals surface area contributed by atoms with Gasteiger partial charge < -0.3 is 4.74 Å². The van der Waals surface area contributed by atoms with E-state index in [0.717, 1.165) is 12.8 Å². The number of ether oxygens (including phenoxy) is 1. The quantitative estimate of drug-likeness (QED) is 0.481. The van der Waals surface area contributed by atoms with Gasteiger partial charge in [-0.05, 0) is 33.6 Å². The van der Waals surface area contributed by atoms with Crippen LogP contribution in [0.25, 0.3) is 0 Å². The molecule has 0 radical (unpaired) electrons. The van der Waals surface area contributed by atoms with Gasteiger partial charge in [-0.25, -0.2) is 0 Å².